The van der Waals surface area contributed by atoms with Crippen molar-refractivity contribution in [3.8, 4) is 0 Å². The maximum Gasteiger partial charge on any atom is 0.233 e. The predicted molar refractivity (Wildman–Crippen MR) is 77.7 cm³/mol. The lowest BCUT2D eigenvalue weighted by molar-refractivity contribution is -0.487. The molecule has 102 valence electrons. The molecule has 6 heteroatoms. The zero-order chi connectivity index (χ0) is 14.2. The molecule has 2 N–H and O–H groups in total. The molecule has 2 rings (SSSR count). The SMILES string of the molecule is CC1(C)C=C(C(O)C[N+](=O)[O-])c2ccc(Br)cc2N1. The smallest absolute Gasteiger partial charge is 0.233 e. The quantitative estimate of drug-likeness (QED) is 0.661. The summed E-state index contributed by atoms with van der Waals surface area (Å²) in [5, 5.41) is 23.9. The normalized spacial score (nSPS) is 18.0. The van der Waals surface area contributed by atoms with Crippen molar-refractivity contribution in [3.05, 3.63) is 44.4 Å². The van der Waals surface area contributed by atoms with E-state index in [1.807, 2.05) is 38.1 Å². The number of aliphatic hydroxyl groups excluding tert-OH is 1. The first-order valence-corrected chi connectivity index (χ1v) is 6.68. The van der Waals surface area contributed by atoms with Gasteiger partial charge < -0.3 is 10.4 Å². The second kappa shape index (κ2) is 4.94. The average molecular weight is 327 g/mol. The standard InChI is InChI=1S/C13H15BrN2O3/c1-13(2)6-10(12(17)7-16(18)19)9-4-3-8(14)5-11(9)15-13/h3-6,12,15,17H,7H2,1-2H3. The van der Waals surface area contributed by atoms with Gasteiger partial charge in [0.1, 0.15) is 6.10 Å². The van der Waals surface area contributed by atoms with Crippen LogP contribution in [0.1, 0.15) is 19.4 Å². The van der Waals surface area contributed by atoms with E-state index in [4.69, 9.17) is 0 Å². The lowest BCUT2D eigenvalue weighted by atomic mass is 9.88. The Hall–Kier alpha value is -1.40. The summed E-state index contributed by atoms with van der Waals surface area (Å²) in [5.41, 5.74) is 1.90. The minimum absolute atomic E-state index is 0.360. The summed E-state index contributed by atoms with van der Waals surface area (Å²) in [7, 11) is 0. The Morgan fingerprint density at radius 2 is 2.21 bits per heavy atom. The number of nitrogens with zero attached hydrogens (tertiary/aromatic N) is 1. The van der Waals surface area contributed by atoms with E-state index in [1.165, 1.54) is 0 Å². The highest BCUT2D eigenvalue weighted by Gasteiger charge is 2.29. The number of rotatable bonds is 3. The number of aliphatic hydroxyl groups is 1. The molecule has 19 heavy (non-hydrogen) atoms. The third-order valence-electron chi connectivity index (χ3n) is 2.95. The third kappa shape index (κ3) is 3.13. The highest BCUT2D eigenvalue weighted by atomic mass is 79.9. The van der Waals surface area contributed by atoms with Gasteiger partial charge in [0, 0.05) is 20.6 Å². The van der Waals surface area contributed by atoms with Gasteiger partial charge in [-0.3, -0.25) is 10.1 Å². The largest absolute Gasteiger partial charge is 0.382 e. The van der Waals surface area contributed by atoms with Crippen molar-refractivity contribution in [3.63, 3.8) is 0 Å². The molecule has 0 saturated heterocycles. The van der Waals surface area contributed by atoms with Gasteiger partial charge in [-0.2, -0.15) is 0 Å². The van der Waals surface area contributed by atoms with Gasteiger partial charge in [-0.25, -0.2) is 0 Å². The highest BCUT2D eigenvalue weighted by Crippen LogP contribution is 2.37. The molecule has 1 unspecified atom stereocenters. The Morgan fingerprint density at radius 3 is 2.84 bits per heavy atom. The fourth-order valence-electron chi connectivity index (χ4n) is 2.24. The molecule has 0 radical (unpaired) electrons. The van der Waals surface area contributed by atoms with Crippen molar-refractivity contribution in [1.82, 2.24) is 0 Å². The van der Waals surface area contributed by atoms with Crippen LogP contribution >= 0.6 is 15.9 Å². The Morgan fingerprint density at radius 1 is 1.53 bits per heavy atom. The van der Waals surface area contributed by atoms with Crippen molar-refractivity contribution in [2.45, 2.75) is 25.5 Å². The minimum Gasteiger partial charge on any atom is -0.382 e. The molecule has 0 aromatic heterocycles. The van der Waals surface area contributed by atoms with Crippen LogP contribution in [0, 0.1) is 10.1 Å². The molecular formula is C13H15BrN2O3. The van der Waals surface area contributed by atoms with Crippen LogP contribution in [-0.4, -0.2) is 28.2 Å². The molecule has 0 spiro atoms. The lowest BCUT2D eigenvalue weighted by Gasteiger charge is -2.33. The van der Waals surface area contributed by atoms with Gasteiger partial charge in [-0.1, -0.05) is 28.1 Å². The van der Waals surface area contributed by atoms with Gasteiger partial charge >= 0.3 is 0 Å². The van der Waals surface area contributed by atoms with Gasteiger partial charge in [0.25, 0.3) is 0 Å². The molecule has 0 bridgehead atoms. The van der Waals surface area contributed by atoms with Crippen LogP contribution < -0.4 is 5.32 Å². The number of anilines is 1. The summed E-state index contributed by atoms with van der Waals surface area (Å²) >= 11 is 3.40. The lowest BCUT2D eigenvalue weighted by Crippen LogP contribution is -2.35. The van der Waals surface area contributed by atoms with Gasteiger partial charge in [-0.15, -0.1) is 0 Å². The Balaban J connectivity index is 2.46. The molecule has 0 amide bonds. The number of nitro groups is 1. The van der Waals surface area contributed by atoms with Crippen molar-refractivity contribution in [1.29, 1.82) is 0 Å². The fourth-order valence-corrected chi connectivity index (χ4v) is 2.60. The maximum absolute atomic E-state index is 10.6. The first-order valence-electron chi connectivity index (χ1n) is 5.89. The summed E-state index contributed by atoms with van der Waals surface area (Å²) in [6.07, 6.45) is 0.744. The molecule has 0 aliphatic carbocycles. The number of hydrogen-bond acceptors (Lipinski definition) is 4. The highest BCUT2D eigenvalue weighted by molar-refractivity contribution is 9.10. The molecule has 5 nitrogen and oxygen atoms in total. The van der Waals surface area contributed by atoms with E-state index < -0.39 is 17.6 Å². The first-order chi connectivity index (χ1) is 8.78. The Kier molecular flexibility index (Phi) is 3.64. The van der Waals surface area contributed by atoms with E-state index in [9.17, 15) is 15.2 Å². The van der Waals surface area contributed by atoms with Crippen LogP contribution in [0.4, 0.5) is 5.69 Å². The summed E-state index contributed by atoms with van der Waals surface area (Å²) in [4.78, 5) is 10.1. The van der Waals surface area contributed by atoms with E-state index in [1.54, 1.807) is 0 Å². The van der Waals surface area contributed by atoms with E-state index in [0.717, 1.165) is 15.7 Å². The molecule has 1 aliphatic heterocycles. The fraction of sp³-hybridized carbons (Fsp3) is 0.385. The predicted octanol–water partition coefficient (Wildman–Crippen LogP) is 2.67. The molecule has 1 heterocycles. The van der Waals surface area contributed by atoms with Crippen LogP contribution in [0.3, 0.4) is 0 Å². The van der Waals surface area contributed by atoms with E-state index >= 15 is 0 Å². The summed E-state index contributed by atoms with van der Waals surface area (Å²) < 4.78 is 0.916. The van der Waals surface area contributed by atoms with E-state index in [-0.39, 0.29) is 5.54 Å². The molecule has 1 aromatic rings. The van der Waals surface area contributed by atoms with Crippen LogP contribution in [0.5, 0.6) is 0 Å². The Bertz CT molecular complexity index is 555. The van der Waals surface area contributed by atoms with Crippen molar-refractivity contribution in [2.75, 3.05) is 11.9 Å². The number of halogens is 1. The summed E-state index contributed by atoms with van der Waals surface area (Å²) in [6.45, 7) is 3.42. The van der Waals surface area contributed by atoms with Crippen molar-refractivity contribution >= 4 is 27.2 Å². The molecule has 0 saturated carbocycles. The first kappa shape index (κ1) is 14.0. The van der Waals surface area contributed by atoms with Crippen molar-refractivity contribution < 1.29 is 10.0 Å². The van der Waals surface area contributed by atoms with Gasteiger partial charge in [0.15, 0.2) is 0 Å². The molecule has 1 aliphatic rings. The Labute approximate surface area is 119 Å². The number of nitrogens with one attached hydrogen (secondary N) is 1. The molecule has 1 atom stereocenters. The summed E-state index contributed by atoms with van der Waals surface area (Å²) in [5.74, 6) is 0. The maximum atomic E-state index is 10.6. The second-order valence-electron chi connectivity index (χ2n) is 5.17. The zero-order valence-corrected chi connectivity index (χ0v) is 12.3. The van der Waals surface area contributed by atoms with Gasteiger partial charge in [0.2, 0.25) is 6.54 Å². The van der Waals surface area contributed by atoms with Crippen molar-refractivity contribution in [2.24, 2.45) is 0 Å². The molecule has 1 aromatic carbocycles. The van der Waals surface area contributed by atoms with Gasteiger partial charge in [0.05, 0.1) is 5.54 Å². The number of fused-ring (bicyclic) bond motifs is 1. The monoisotopic (exact) mass is 326 g/mol. The topological polar surface area (TPSA) is 75.4 Å². The van der Waals surface area contributed by atoms with Crippen LogP contribution in [0.15, 0.2) is 28.7 Å². The number of hydrogen-bond donors (Lipinski definition) is 2. The average Bonchev–Trinajstić information content (AvgIpc) is 2.24. The van der Waals surface area contributed by atoms with Crippen LogP contribution in [0.25, 0.3) is 5.57 Å². The molecule has 0 fully saturated rings. The van der Waals surface area contributed by atoms with Crippen LogP contribution in [-0.2, 0) is 0 Å². The number of benzene rings is 1. The minimum atomic E-state index is -1.10. The summed E-state index contributed by atoms with van der Waals surface area (Å²) in [6, 6.07) is 5.60. The zero-order valence-electron chi connectivity index (χ0n) is 10.7. The van der Waals surface area contributed by atoms with E-state index in [2.05, 4.69) is 21.2 Å². The third-order valence-corrected chi connectivity index (χ3v) is 3.44. The second-order valence-corrected chi connectivity index (χ2v) is 6.08. The van der Waals surface area contributed by atoms with E-state index in [0.29, 0.717) is 5.57 Å². The van der Waals surface area contributed by atoms with Gasteiger partial charge in [-0.05, 0) is 31.6 Å². The van der Waals surface area contributed by atoms with Crippen LogP contribution in [0.2, 0.25) is 0 Å². The molecular weight excluding hydrogens is 312 g/mol.